The van der Waals surface area contributed by atoms with Crippen molar-refractivity contribution in [3.8, 4) is 5.75 Å². The number of nitrogens with one attached hydrogen (secondary N) is 1. The Morgan fingerprint density at radius 2 is 2.40 bits per heavy atom. The summed E-state index contributed by atoms with van der Waals surface area (Å²) in [6.45, 7) is 1.17. The Bertz CT molecular complexity index is 311. The molecule has 0 saturated carbocycles. The molecular formula is C10H15N3O2. The molecular weight excluding hydrogens is 194 g/mol. The molecule has 82 valence electrons. The minimum atomic E-state index is -0.205. The zero-order chi connectivity index (χ0) is 11.1. The summed E-state index contributed by atoms with van der Waals surface area (Å²) < 4.78 is 5.34. The van der Waals surface area contributed by atoms with Crippen LogP contribution < -0.4 is 15.8 Å². The van der Waals surface area contributed by atoms with Crippen LogP contribution in [0.1, 0.15) is 16.9 Å². The highest BCUT2D eigenvalue weighted by molar-refractivity contribution is 5.91. The van der Waals surface area contributed by atoms with Crippen molar-refractivity contribution in [2.75, 3.05) is 20.2 Å². The van der Waals surface area contributed by atoms with E-state index in [-0.39, 0.29) is 5.91 Å². The predicted molar refractivity (Wildman–Crippen MR) is 56.8 cm³/mol. The molecule has 1 rings (SSSR count). The van der Waals surface area contributed by atoms with Gasteiger partial charge in [0.15, 0.2) is 0 Å². The highest BCUT2D eigenvalue weighted by Gasteiger charge is 2.03. The summed E-state index contributed by atoms with van der Waals surface area (Å²) in [6.07, 6.45) is 2.33. The van der Waals surface area contributed by atoms with Gasteiger partial charge in [-0.1, -0.05) is 0 Å². The maximum atomic E-state index is 11.2. The van der Waals surface area contributed by atoms with Crippen LogP contribution in [-0.4, -0.2) is 31.1 Å². The van der Waals surface area contributed by atoms with Crippen molar-refractivity contribution >= 4 is 5.91 Å². The van der Waals surface area contributed by atoms with E-state index in [4.69, 9.17) is 10.5 Å². The molecule has 0 atom stereocenters. The van der Waals surface area contributed by atoms with Crippen molar-refractivity contribution in [1.82, 2.24) is 10.3 Å². The van der Waals surface area contributed by atoms with Crippen LogP contribution in [0.4, 0.5) is 0 Å². The first-order valence-corrected chi connectivity index (χ1v) is 4.79. The molecule has 0 bridgehead atoms. The van der Waals surface area contributed by atoms with E-state index in [1.165, 1.54) is 6.20 Å². The Labute approximate surface area is 88.6 Å². The van der Waals surface area contributed by atoms with Gasteiger partial charge < -0.3 is 15.8 Å². The van der Waals surface area contributed by atoms with Crippen LogP contribution in [0, 0.1) is 0 Å². The largest absolute Gasteiger partial charge is 0.492 e. The van der Waals surface area contributed by atoms with Gasteiger partial charge in [0.2, 0.25) is 0 Å². The molecule has 0 aliphatic rings. The lowest BCUT2D eigenvalue weighted by Gasteiger charge is -2.05. The van der Waals surface area contributed by atoms with E-state index < -0.39 is 0 Å². The van der Waals surface area contributed by atoms with Gasteiger partial charge in [-0.2, -0.15) is 0 Å². The molecule has 5 nitrogen and oxygen atoms in total. The number of nitrogens with two attached hydrogens (primary N) is 1. The number of pyridine rings is 1. The lowest BCUT2D eigenvalue weighted by molar-refractivity contribution is 0.0958. The summed E-state index contributed by atoms with van der Waals surface area (Å²) in [6, 6.07) is 3.34. The van der Waals surface area contributed by atoms with Gasteiger partial charge in [0, 0.05) is 7.05 Å². The summed E-state index contributed by atoms with van der Waals surface area (Å²) in [7, 11) is 1.57. The van der Waals surface area contributed by atoms with Gasteiger partial charge in [-0.15, -0.1) is 0 Å². The van der Waals surface area contributed by atoms with E-state index in [9.17, 15) is 4.79 Å². The molecule has 1 amide bonds. The van der Waals surface area contributed by atoms with Crippen LogP contribution in [0.3, 0.4) is 0 Å². The van der Waals surface area contributed by atoms with Gasteiger partial charge >= 0.3 is 0 Å². The highest BCUT2D eigenvalue weighted by atomic mass is 16.5. The monoisotopic (exact) mass is 209 g/mol. The average Bonchev–Trinajstić information content (AvgIpc) is 2.29. The number of rotatable bonds is 5. The third kappa shape index (κ3) is 3.55. The van der Waals surface area contributed by atoms with Crippen molar-refractivity contribution in [3.63, 3.8) is 0 Å². The zero-order valence-electron chi connectivity index (χ0n) is 8.69. The molecule has 0 aliphatic heterocycles. The third-order valence-electron chi connectivity index (χ3n) is 1.81. The SMILES string of the molecule is CNC(=O)c1ccc(OCCCN)cn1. The molecule has 1 aromatic heterocycles. The smallest absolute Gasteiger partial charge is 0.269 e. The number of carbonyl (C=O) groups excluding carboxylic acids is 1. The van der Waals surface area contributed by atoms with Crippen molar-refractivity contribution in [2.24, 2.45) is 5.73 Å². The maximum Gasteiger partial charge on any atom is 0.269 e. The predicted octanol–water partition coefficient (Wildman–Crippen LogP) is 0.169. The van der Waals surface area contributed by atoms with Crippen molar-refractivity contribution in [3.05, 3.63) is 24.0 Å². The number of nitrogens with zero attached hydrogens (tertiary/aromatic N) is 1. The van der Waals surface area contributed by atoms with Gasteiger partial charge in [0.1, 0.15) is 11.4 Å². The molecule has 3 N–H and O–H groups in total. The molecule has 0 saturated heterocycles. The van der Waals surface area contributed by atoms with Gasteiger partial charge in [-0.05, 0) is 25.1 Å². The Balaban J connectivity index is 2.52. The van der Waals surface area contributed by atoms with Crippen LogP contribution in [0.5, 0.6) is 5.75 Å². The number of carbonyl (C=O) groups is 1. The van der Waals surface area contributed by atoms with Crippen LogP contribution in [0.15, 0.2) is 18.3 Å². The van der Waals surface area contributed by atoms with Crippen LogP contribution in [0.25, 0.3) is 0 Å². The minimum absolute atomic E-state index is 0.205. The summed E-state index contributed by atoms with van der Waals surface area (Å²) >= 11 is 0. The Morgan fingerprint density at radius 3 is 2.93 bits per heavy atom. The number of ether oxygens (including phenoxy) is 1. The Kier molecular flexibility index (Phi) is 4.56. The van der Waals surface area contributed by atoms with E-state index in [0.717, 1.165) is 6.42 Å². The van der Waals surface area contributed by atoms with Crippen LogP contribution >= 0.6 is 0 Å². The van der Waals surface area contributed by atoms with Gasteiger partial charge in [-0.25, -0.2) is 4.98 Å². The fourth-order valence-electron chi connectivity index (χ4n) is 1.00. The molecule has 0 radical (unpaired) electrons. The topological polar surface area (TPSA) is 77.2 Å². The number of hydrogen-bond donors (Lipinski definition) is 2. The standard InChI is InChI=1S/C10H15N3O2/c1-12-10(14)9-4-3-8(7-13-9)15-6-2-5-11/h3-4,7H,2,5-6,11H2,1H3,(H,12,14). The molecule has 0 aliphatic carbocycles. The van der Waals surface area contributed by atoms with E-state index >= 15 is 0 Å². The number of aromatic nitrogens is 1. The summed E-state index contributed by atoms with van der Waals surface area (Å²) in [5, 5.41) is 2.49. The summed E-state index contributed by atoms with van der Waals surface area (Å²) in [5.41, 5.74) is 5.70. The molecule has 1 heterocycles. The fraction of sp³-hybridized carbons (Fsp3) is 0.400. The lowest BCUT2D eigenvalue weighted by atomic mass is 10.3. The second-order valence-electron chi connectivity index (χ2n) is 2.95. The third-order valence-corrected chi connectivity index (χ3v) is 1.81. The van der Waals surface area contributed by atoms with Crippen molar-refractivity contribution < 1.29 is 9.53 Å². The molecule has 5 heteroatoms. The second-order valence-corrected chi connectivity index (χ2v) is 2.95. The Morgan fingerprint density at radius 1 is 1.60 bits per heavy atom. The number of hydrogen-bond acceptors (Lipinski definition) is 4. The molecule has 15 heavy (non-hydrogen) atoms. The maximum absolute atomic E-state index is 11.2. The zero-order valence-corrected chi connectivity index (χ0v) is 8.69. The summed E-state index contributed by atoms with van der Waals surface area (Å²) in [5.74, 6) is 0.444. The second kappa shape index (κ2) is 5.98. The molecule has 0 aromatic carbocycles. The molecule has 0 spiro atoms. The normalized spacial score (nSPS) is 9.73. The van der Waals surface area contributed by atoms with E-state index in [2.05, 4.69) is 10.3 Å². The fourth-order valence-corrected chi connectivity index (χ4v) is 1.00. The van der Waals surface area contributed by atoms with Crippen molar-refractivity contribution in [2.45, 2.75) is 6.42 Å². The lowest BCUT2D eigenvalue weighted by Crippen LogP contribution is -2.18. The quantitative estimate of drug-likeness (QED) is 0.678. The first kappa shape index (κ1) is 11.5. The number of amides is 1. The minimum Gasteiger partial charge on any atom is -0.492 e. The first-order valence-electron chi connectivity index (χ1n) is 4.79. The Hall–Kier alpha value is -1.62. The van der Waals surface area contributed by atoms with Gasteiger partial charge in [0.05, 0.1) is 12.8 Å². The van der Waals surface area contributed by atoms with Crippen LogP contribution in [0.2, 0.25) is 0 Å². The molecule has 0 fully saturated rings. The van der Waals surface area contributed by atoms with E-state index in [1.54, 1.807) is 19.2 Å². The van der Waals surface area contributed by atoms with Crippen LogP contribution in [-0.2, 0) is 0 Å². The van der Waals surface area contributed by atoms with Crippen molar-refractivity contribution in [1.29, 1.82) is 0 Å². The summed E-state index contributed by atoms with van der Waals surface area (Å²) in [4.78, 5) is 15.1. The van der Waals surface area contributed by atoms with Gasteiger partial charge in [0.25, 0.3) is 5.91 Å². The molecule has 0 unspecified atom stereocenters. The van der Waals surface area contributed by atoms with Gasteiger partial charge in [-0.3, -0.25) is 4.79 Å². The molecule has 1 aromatic rings. The van der Waals surface area contributed by atoms with E-state index in [1.807, 2.05) is 0 Å². The van der Waals surface area contributed by atoms with E-state index in [0.29, 0.717) is 24.6 Å². The first-order chi connectivity index (χ1) is 7.27. The highest BCUT2D eigenvalue weighted by Crippen LogP contribution is 2.09. The average molecular weight is 209 g/mol.